The Kier molecular flexibility index (Phi) is 6.28. The lowest BCUT2D eigenvalue weighted by Crippen LogP contribution is -2.28. The smallest absolute Gasteiger partial charge is 0.119 e. The average Bonchev–Trinajstić information content (AvgIpc) is 2.56. The highest BCUT2D eigenvalue weighted by atomic mass is 16.5. The maximum Gasteiger partial charge on any atom is 0.119 e. The van der Waals surface area contributed by atoms with Crippen LogP contribution in [0.1, 0.15) is 25.0 Å². The molecule has 0 fully saturated rings. The molecule has 2 aromatic rings. The van der Waals surface area contributed by atoms with Gasteiger partial charge in [0.15, 0.2) is 0 Å². The van der Waals surface area contributed by atoms with E-state index in [9.17, 15) is 0 Å². The molecule has 0 saturated carbocycles. The molecule has 118 valence electrons. The molecule has 3 nitrogen and oxygen atoms in total. The van der Waals surface area contributed by atoms with Crippen molar-refractivity contribution in [2.45, 2.75) is 32.9 Å². The van der Waals surface area contributed by atoms with Gasteiger partial charge < -0.3 is 14.8 Å². The van der Waals surface area contributed by atoms with Crippen molar-refractivity contribution in [3.63, 3.8) is 0 Å². The molecule has 0 bridgehead atoms. The van der Waals surface area contributed by atoms with Crippen molar-refractivity contribution in [1.82, 2.24) is 5.32 Å². The molecule has 0 spiro atoms. The fourth-order valence-electron chi connectivity index (χ4n) is 2.24. The third kappa shape index (κ3) is 5.08. The van der Waals surface area contributed by atoms with E-state index in [1.807, 2.05) is 24.3 Å². The van der Waals surface area contributed by atoms with Gasteiger partial charge in [0.05, 0.1) is 7.11 Å². The summed E-state index contributed by atoms with van der Waals surface area (Å²) in [6, 6.07) is 16.4. The first-order valence-corrected chi connectivity index (χ1v) is 7.80. The minimum Gasteiger partial charge on any atom is -0.497 e. The number of hydrogen-bond acceptors (Lipinski definition) is 3. The van der Waals surface area contributed by atoms with Crippen LogP contribution < -0.4 is 14.8 Å². The summed E-state index contributed by atoms with van der Waals surface area (Å²) in [7, 11) is 1.68. The molecule has 0 aromatic heterocycles. The molecule has 0 aliphatic carbocycles. The summed E-state index contributed by atoms with van der Waals surface area (Å²) < 4.78 is 11.1. The molecule has 1 N–H and O–H groups in total. The van der Waals surface area contributed by atoms with Crippen LogP contribution in [0.4, 0.5) is 0 Å². The molecule has 0 saturated heterocycles. The molecule has 0 aliphatic rings. The first-order chi connectivity index (χ1) is 10.7. The van der Waals surface area contributed by atoms with Crippen molar-refractivity contribution in [1.29, 1.82) is 0 Å². The first kappa shape index (κ1) is 16.4. The molecule has 2 aromatic carbocycles. The van der Waals surface area contributed by atoms with Crippen molar-refractivity contribution >= 4 is 0 Å². The monoisotopic (exact) mass is 299 g/mol. The first-order valence-electron chi connectivity index (χ1n) is 7.80. The van der Waals surface area contributed by atoms with Crippen LogP contribution in [0.5, 0.6) is 11.5 Å². The van der Waals surface area contributed by atoms with E-state index in [-0.39, 0.29) is 6.10 Å². The van der Waals surface area contributed by atoms with Crippen LogP contribution in [-0.4, -0.2) is 19.8 Å². The maximum absolute atomic E-state index is 5.91. The van der Waals surface area contributed by atoms with E-state index in [4.69, 9.17) is 9.47 Å². The minimum atomic E-state index is 0.130. The van der Waals surface area contributed by atoms with Crippen molar-refractivity contribution < 1.29 is 9.47 Å². The van der Waals surface area contributed by atoms with E-state index in [2.05, 4.69) is 43.4 Å². The van der Waals surface area contributed by atoms with Crippen LogP contribution in [-0.2, 0) is 13.0 Å². The summed E-state index contributed by atoms with van der Waals surface area (Å²) in [6.07, 6.45) is 1.19. The summed E-state index contributed by atoms with van der Waals surface area (Å²) in [5.74, 6) is 1.81. The van der Waals surface area contributed by atoms with Crippen molar-refractivity contribution in [3.05, 3.63) is 59.7 Å². The molecule has 1 atom stereocenters. The lowest BCUT2D eigenvalue weighted by Gasteiger charge is -2.16. The van der Waals surface area contributed by atoms with Gasteiger partial charge in [0, 0.05) is 13.1 Å². The van der Waals surface area contributed by atoms with E-state index in [1.165, 1.54) is 11.1 Å². The lowest BCUT2D eigenvalue weighted by atomic mass is 10.2. The van der Waals surface area contributed by atoms with Gasteiger partial charge in [0.2, 0.25) is 0 Å². The predicted octanol–water partition coefficient (Wildman–Crippen LogP) is 3.81. The Balaban J connectivity index is 1.73. The van der Waals surface area contributed by atoms with Gasteiger partial charge in [-0.25, -0.2) is 0 Å². The van der Waals surface area contributed by atoms with Crippen molar-refractivity contribution in [2.75, 3.05) is 13.7 Å². The topological polar surface area (TPSA) is 30.5 Å². The van der Waals surface area contributed by atoms with Gasteiger partial charge in [-0.05, 0) is 48.7 Å². The molecule has 0 heterocycles. The van der Waals surface area contributed by atoms with Gasteiger partial charge >= 0.3 is 0 Å². The standard InChI is InChI=1S/C19H25NO2/c1-4-16-5-11-19(12-6-16)22-15(2)13-20-14-17-7-9-18(21-3)10-8-17/h5-12,15,20H,4,13-14H2,1-3H3. The second-order valence-corrected chi connectivity index (χ2v) is 5.40. The zero-order valence-corrected chi connectivity index (χ0v) is 13.6. The van der Waals surface area contributed by atoms with Crippen LogP contribution in [0.3, 0.4) is 0 Å². The summed E-state index contributed by atoms with van der Waals surface area (Å²) >= 11 is 0. The normalized spacial score (nSPS) is 12.0. The summed E-state index contributed by atoms with van der Waals surface area (Å²) in [6.45, 7) is 5.87. The number of ether oxygens (including phenoxy) is 2. The Morgan fingerprint density at radius 2 is 1.50 bits per heavy atom. The van der Waals surface area contributed by atoms with Crippen molar-refractivity contribution in [2.24, 2.45) is 0 Å². The molecule has 1 unspecified atom stereocenters. The molecular weight excluding hydrogens is 274 g/mol. The number of nitrogens with one attached hydrogen (secondary N) is 1. The molecule has 0 aliphatic heterocycles. The summed E-state index contributed by atoms with van der Waals surface area (Å²) in [5, 5.41) is 3.42. The summed E-state index contributed by atoms with van der Waals surface area (Å²) in [4.78, 5) is 0. The van der Waals surface area contributed by atoms with Crippen LogP contribution in [0, 0.1) is 0 Å². The van der Waals surface area contributed by atoms with Gasteiger partial charge in [0.25, 0.3) is 0 Å². The quantitative estimate of drug-likeness (QED) is 0.804. The molecule has 0 amide bonds. The Labute approximate surface area is 133 Å². The third-order valence-corrected chi connectivity index (χ3v) is 3.59. The summed E-state index contributed by atoms with van der Waals surface area (Å²) in [5.41, 5.74) is 2.57. The fraction of sp³-hybridized carbons (Fsp3) is 0.368. The van der Waals surface area contributed by atoms with Crippen LogP contribution in [0.15, 0.2) is 48.5 Å². The number of hydrogen-bond donors (Lipinski definition) is 1. The largest absolute Gasteiger partial charge is 0.497 e. The lowest BCUT2D eigenvalue weighted by molar-refractivity contribution is 0.217. The molecule has 0 radical (unpaired) electrons. The number of benzene rings is 2. The highest BCUT2D eigenvalue weighted by Crippen LogP contribution is 2.14. The van der Waals surface area contributed by atoms with Crippen molar-refractivity contribution in [3.8, 4) is 11.5 Å². The Morgan fingerprint density at radius 3 is 2.09 bits per heavy atom. The second-order valence-electron chi connectivity index (χ2n) is 5.40. The van der Waals surface area contributed by atoms with E-state index in [0.717, 1.165) is 31.0 Å². The second kappa shape index (κ2) is 8.44. The maximum atomic E-state index is 5.91. The van der Waals surface area contributed by atoms with E-state index in [1.54, 1.807) is 7.11 Å². The number of rotatable bonds is 8. The average molecular weight is 299 g/mol. The number of aryl methyl sites for hydroxylation is 1. The molecule has 2 rings (SSSR count). The van der Waals surface area contributed by atoms with Crippen LogP contribution >= 0.6 is 0 Å². The highest BCUT2D eigenvalue weighted by Gasteiger charge is 2.04. The van der Waals surface area contributed by atoms with Gasteiger partial charge in [0.1, 0.15) is 17.6 Å². The highest BCUT2D eigenvalue weighted by molar-refractivity contribution is 5.28. The van der Waals surface area contributed by atoms with Gasteiger partial charge in [-0.15, -0.1) is 0 Å². The predicted molar refractivity (Wildman–Crippen MR) is 90.6 cm³/mol. The zero-order chi connectivity index (χ0) is 15.8. The zero-order valence-electron chi connectivity index (χ0n) is 13.6. The molecule has 3 heteroatoms. The number of methoxy groups -OCH3 is 1. The Morgan fingerprint density at radius 1 is 0.909 bits per heavy atom. The van der Waals surface area contributed by atoms with Gasteiger partial charge in [-0.1, -0.05) is 31.2 Å². The third-order valence-electron chi connectivity index (χ3n) is 3.59. The van der Waals surface area contributed by atoms with Gasteiger partial charge in [-0.3, -0.25) is 0 Å². The Hall–Kier alpha value is -2.00. The fourth-order valence-corrected chi connectivity index (χ4v) is 2.24. The van der Waals surface area contributed by atoms with Crippen LogP contribution in [0.2, 0.25) is 0 Å². The van der Waals surface area contributed by atoms with E-state index < -0.39 is 0 Å². The Bertz CT molecular complexity index is 549. The van der Waals surface area contributed by atoms with E-state index in [0.29, 0.717) is 0 Å². The van der Waals surface area contributed by atoms with Crippen LogP contribution in [0.25, 0.3) is 0 Å². The van der Waals surface area contributed by atoms with E-state index >= 15 is 0 Å². The van der Waals surface area contributed by atoms with Gasteiger partial charge in [-0.2, -0.15) is 0 Å². The minimum absolute atomic E-state index is 0.130. The SMILES string of the molecule is CCc1ccc(OC(C)CNCc2ccc(OC)cc2)cc1. The molecule has 22 heavy (non-hydrogen) atoms. The molecular formula is C19H25NO2.